The third kappa shape index (κ3) is 4.09. The van der Waals surface area contributed by atoms with Gasteiger partial charge in [-0.3, -0.25) is 4.79 Å². The number of nitrogens with zero attached hydrogens (tertiary/aromatic N) is 2. The van der Waals surface area contributed by atoms with E-state index in [-0.39, 0.29) is 5.91 Å². The van der Waals surface area contributed by atoms with Gasteiger partial charge in [0.05, 0.1) is 12.8 Å². The summed E-state index contributed by atoms with van der Waals surface area (Å²) in [5.74, 6) is 1.18. The fourth-order valence-electron chi connectivity index (χ4n) is 3.11. The number of methoxy groups -OCH3 is 1. The molecule has 0 radical (unpaired) electrons. The highest BCUT2D eigenvalue weighted by atomic mass is 32.1. The number of anilines is 1. The molecule has 0 N–H and O–H groups in total. The molecule has 1 aromatic heterocycles. The summed E-state index contributed by atoms with van der Waals surface area (Å²) in [5, 5.41) is 2.09. The van der Waals surface area contributed by atoms with Gasteiger partial charge >= 0.3 is 0 Å². The highest BCUT2D eigenvalue weighted by Gasteiger charge is 2.22. The fourth-order valence-corrected chi connectivity index (χ4v) is 3.87. The Balaban J connectivity index is 1.46. The quantitative estimate of drug-likeness (QED) is 0.805. The maximum Gasteiger partial charge on any atom is 0.222 e. The number of amides is 1. The van der Waals surface area contributed by atoms with Crippen molar-refractivity contribution < 1.29 is 9.53 Å². The summed E-state index contributed by atoms with van der Waals surface area (Å²) < 4.78 is 5.44. The van der Waals surface area contributed by atoms with Crippen molar-refractivity contribution in [1.82, 2.24) is 4.90 Å². The molecule has 1 amide bonds. The van der Waals surface area contributed by atoms with Gasteiger partial charge in [0.2, 0.25) is 5.91 Å². The predicted molar refractivity (Wildman–Crippen MR) is 99.0 cm³/mol. The zero-order chi connectivity index (χ0) is 16.8. The molecule has 2 heterocycles. The largest absolute Gasteiger partial charge is 0.495 e. The van der Waals surface area contributed by atoms with E-state index in [2.05, 4.69) is 28.5 Å². The van der Waals surface area contributed by atoms with E-state index in [1.807, 2.05) is 23.1 Å². The second-order valence-corrected chi connectivity index (χ2v) is 7.00. The molecule has 4 nitrogen and oxygen atoms in total. The first-order chi connectivity index (χ1) is 11.8. The molecule has 0 aliphatic carbocycles. The van der Waals surface area contributed by atoms with Crippen LogP contribution in [0.15, 0.2) is 41.8 Å². The summed E-state index contributed by atoms with van der Waals surface area (Å²) in [6.07, 6.45) is 2.59. The average Bonchev–Trinajstić information content (AvgIpc) is 3.15. The lowest BCUT2D eigenvalue weighted by Crippen LogP contribution is -2.48. The molecule has 128 valence electrons. The van der Waals surface area contributed by atoms with Crippen molar-refractivity contribution in [3.63, 3.8) is 0 Å². The van der Waals surface area contributed by atoms with Crippen molar-refractivity contribution in [3.05, 3.63) is 46.7 Å². The van der Waals surface area contributed by atoms with E-state index in [1.54, 1.807) is 18.4 Å². The third-order valence-electron chi connectivity index (χ3n) is 4.45. The van der Waals surface area contributed by atoms with Crippen molar-refractivity contribution in [2.24, 2.45) is 0 Å². The monoisotopic (exact) mass is 344 g/mol. The molecule has 2 aromatic rings. The number of piperazine rings is 1. The third-order valence-corrected chi connectivity index (χ3v) is 5.39. The molecule has 0 unspecified atom stereocenters. The molecule has 1 saturated heterocycles. The molecule has 24 heavy (non-hydrogen) atoms. The van der Waals surface area contributed by atoms with E-state index >= 15 is 0 Å². The summed E-state index contributed by atoms with van der Waals surface area (Å²) >= 11 is 1.77. The van der Waals surface area contributed by atoms with Crippen LogP contribution in [0.4, 0.5) is 5.69 Å². The number of rotatable bonds is 6. The highest BCUT2D eigenvalue weighted by molar-refractivity contribution is 7.09. The summed E-state index contributed by atoms with van der Waals surface area (Å²) in [6.45, 7) is 3.29. The number of benzene rings is 1. The van der Waals surface area contributed by atoms with Gasteiger partial charge in [0.15, 0.2) is 0 Å². The van der Waals surface area contributed by atoms with Crippen molar-refractivity contribution in [2.45, 2.75) is 19.3 Å². The highest BCUT2D eigenvalue weighted by Crippen LogP contribution is 2.28. The summed E-state index contributed by atoms with van der Waals surface area (Å²) in [7, 11) is 1.70. The smallest absolute Gasteiger partial charge is 0.222 e. The molecule has 1 aliphatic heterocycles. The van der Waals surface area contributed by atoms with Crippen LogP contribution in [0.5, 0.6) is 5.75 Å². The van der Waals surface area contributed by atoms with Crippen LogP contribution in [0.25, 0.3) is 0 Å². The Labute approximate surface area is 147 Å². The van der Waals surface area contributed by atoms with Crippen LogP contribution in [-0.2, 0) is 11.2 Å². The van der Waals surface area contributed by atoms with Gasteiger partial charge < -0.3 is 14.5 Å². The van der Waals surface area contributed by atoms with Crippen molar-refractivity contribution in [2.75, 3.05) is 38.2 Å². The molecule has 0 saturated carbocycles. The Morgan fingerprint density at radius 1 is 1.12 bits per heavy atom. The lowest BCUT2D eigenvalue weighted by atomic mass is 10.1. The Bertz CT molecular complexity index is 649. The summed E-state index contributed by atoms with van der Waals surface area (Å²) in [6, 6.07) is 12.3. The second kappa shape index (κ2) is 8.20. The van der Waals surface area contributed by atoms with E-state index in [9.17, 15) is 4.79 Å². The SMILES string of the molecule is COc1ccccc1N1CCN(C(=O)CCCc2cccs2)CC1. The lowest BCUT2D eigenvalue weighted by Gasteiger charge is -2.36. The fraction of sp³-hybridized carbons (Fsp3) is 0.421. The predicted octanol–water partition coefficient (Wildman–Crippen LogP) is 3.43. The molecule has 3 rings (SSSR count). The van der Waals surface area contributed by atoms with E-state index in [1.165, 1.54) is 4.88 Å². The Kier molecular flexibility index (Phi) is 5.75. The van der Waals surface area contributed by atoms with Crippen molar-refractivity contribution in [3.8, 4) is 5.75 Å². The average molecular weight is 344 g/mol. The van der Waals surface area contributed by atoms with Crippen LogP contribution in [-0.4, -0.2) is 44.1 Å². The summed E-state index contributed by atoms with van der Waals surface area (Å²) in [5.41, 5.74) is 1.12. The number of thiophene rings is 1. The van der Waals surface area contributed by atoms with Crippen LogP contribution in [0.3, 0.4) is 0 Å². The molecular formula is C19H24N2O2S. The zero-order valence-electron chi connectivity index (χ0n) is 14.1. The van der Waals surface area contributed by atoms with Gasteiger partial charge in [-0.1, -0.05) is 18.2 Å². The minimum atomic E-state index is 0.284. The Morgan fingerprint density at radius 2 is 1.92 bits per heavy atom. The van der Waals surface area contributed by atoms with Crippen LogP contribution in [0, 0.1) is 0 Å². The maximum absolute atomic E-state index is 12.4. The molecule has 0 atom stereocenters. The molecule has 0 spiro atoms. The number of ether oxygens (including phenoxy) is 1. The molecule has 0 bridgehead atoms. The molecule has 1 fully saturated rings. The van der Waals surface area contributed by atoms with Gasteiger partial charge in [-0.25, -0.2) is 0 Å². The molecule has 1 aliphatic rings. The number of aryl methyl sites for hydroxylation is 1. The summed E-state index contributed by atoms with van der Waals surface area (Å²) in [4.78, 5) is 18.0. The van der Waals surface area contributed by atoms with Gasteiger partial charge in [-0.15, -0.1) is 11.3 Å². The molecule has 1 aromatic carbocycles. The number of carbonyl (C=O) groups excluding carboxylic acids is 1. The first-order valence-electron chi connectivity index (χ1n) is 8.46. The van der Waals surface area contributed by atoms with Crippen LogP contribution in [0.2, 0.25) is 0 Å². The Morgan fingerprint density at radius 3 is 2.62 bits per heavy atom. The van der Waals surface area contributed by atoms with Crippen molar-refractivity contribution in [1.29, 1.82) is 0 Å². The standard InChI is InChI=1S/C19H24N2O2S/c1-23-18-9-3-2-8-17(18)20-11-13-21(14-12-20)19(22)10-4-6-16-7-5-15-24-16/h2-3,5,7-9,15H,4,6,10-14H2,1H3. The normalized spacial score (nSPS) is 14.7. The number of para-hydroxylation sites is 2. The minimum absolute atomic E-state index is 0.284. The van der Waals surface area contributed by atoms with E-state index < -0.39 is 0 Å². The first kappa shape index (κ1) is 16.8. The second-order valence-electron chi connectivity index (χ2n) is 5.97. The number of carbonyl (C=O) groups is 1. The maximum atomic E-state index is 12.4. The van der Waals surface area contributed by atoms with Gasteiger partial charge in [0.1, 0.15) is 5.75 Å². The Hall–Kier alpha value is -2.01. The topological polar surface area (TPSA) is 32.8 Å². The van der Waals surface area contributed by atoms with Gasteiger partial charge in [-0.05, 0) is 36.4 Å². The molecule has 5 heteroatoms. The van der Waals surface area contributed by atoms with E-state index in [0.717, 1.165) is 50.5 Å². The van der Waals surface area contributed by atoms with Crippen LogP contribution >= 0.6 is 11.3 Å². The van der Waals surface area contributed by atoms with Gasteiger partial charge in [0.25, 0.3) is 0 Å². The minimum Gasteiger partial charge on any atom is -0.495 e. The van der Waals surface area contributed by atoms with Gasteiger partial charge in [0, 0.05) is 37.5 Å². The number of hydrogen-bond donors (Lipinski definition) is 0. The zero-order valence-corrected chi connectivity index (χ0v) is 14.9. The lowest BCUT2D eigenvalue weighted by molar-refractivity contribution is -0.131. The van der Waals surface area contributed by atoms with Crippen LogP contribution < -0.4 is 9.64 Å². The van der Waals surface area contributed by atoms with Crippen LogP contribution in [0.1, 0.15) is 17.7 Å². The number of hydrogen-bond acceptors (Lipinski definition) is 4. The van der Waals surface area contributed by atoms with E-state index in [4.69, 9.17) is 4.74 Å². The van der Waals surface area contributed by atoms with Crippen molar-refractivity contribution >= 4 is 22.9 Å². The van der Waals surface area contributed by atoms with E-state index in [0.29, 0.717) is 6.42 Å². The first-order valence-corrected chi connectivity index (χ1v) is 9.34. The molecular weight excluding hydrogens is 320 g/mol. The van der Waals surface area contributed by atoms with Gasteiger partial charge in [-0.2, -0.15) is 0 Å².